The molecule has 7 heteroatoms. The van der Waals surface area contributed by atoms with E-state index in [-0.39, 0.29) is 17.2 Å². The predicted molar refractivity (Wildman–Crippen MR) is 101 cm³/mol. The summed E-state index contributed by atoms with van der Waals surface area (Å²) >= 11 is 0. The molecule has 3 rings (SSSR count). The van der Waals surface area contributed by atoms with E-state index in [1.165, 1.54) is 24.5 Å². The van der Waals surface area contributed by atoms with Crippen LogP contribution in [0.5, 0.6) is 0 Å². The van der Waals surface area contributed by atoms with E-state index >= 15 is 0 Å². The molecule has 142 valence electrons. The van der Waals surface area contributed by atoms with E-state index < -0.39 is 29.1 Å². The Balaban J connectivity index is 1.74. The van der Waals surface area contributed by atoms with Gasteiger partial charge in [-0.05, 0) is 30.7 Å². The fourth-order valence-electron chi connectivity index (χ4n) is 2.60. The lowest BCUT2D eigenvalue weighted by molar-refractivity contribution is 0.0939. The van der Waals surface area contributed by atoms with Crippen molar-refractivity contribution in [3.63, 3.8) is 0 Å². The Labute approximate surface area is 160 Å². The number of carbonyl (C=O) groups excluding carboxylic acids is 2. The van der Waals surface area contributed by atoms with E-state index in [2.05, 4.69) is 15.6 Å². The van der Waals surface area contributed by atoms with Crippen LogP contribution in [0.15, 0.2) is 67.0 Å². The normalized spacial score (nSPS) is 11.5. The van der Waals surface area contributed by atoms with Gasteiger partial charge in [0.1, 0.15) is 17.3 Å². The monoisotopic (exact) mass is 381 g/mol. The van der Waals surface area contributed by atoms with Crippen molar-refractivity contribution in [2.75, 3.05) is 5.32 Å². The zero-order valence-corrected chi connectivity index (χ0v) is 14.9. The highest BCUT2D eigenvalue weighted by atomic mass is 19.1. The van der Waals surface area contributed by atoms with Crippen molar-refractivity contribution >= 4 is 17.5 Å². The van der Waals surface area contributed by atoms with Crippen LogP contribution < -0.4 is 10.6 Å². The average Bonchev–Trinajstić information content (AvgIpc) is 2.71. The van der Waals surface area contributed by atoms with Gasteiger partial charge in [-0.2, -0.15) is 0 Å². The van der Waals surface area contributed by atoms with Gasteiger partial charge in [0.15, 0.2) is 0 Å². The van der Waals surface area contributed by atoms with Gasteiger partial charge in [0, 0.05) is 12.4 Å². The highest BCUT2D eigenvalue weighted by Crippen LogP contribution is 2.19. The van der Waals surface area contributed by atoms with Crippen molar-refractivity contribution in [1.82, 2.24) is 10.3 Å². The molecule has 0 fully saturated rings. The molecular weight excluding hydrogens is 364 g/mol. The quantitative estimate of drug-likeness (QED) is 0.699. The van der Waals surface area contributed by atoms with Crippen LogP contribution in [0.1, 0.15) is 39.2 Å². The van der Waals surface area contributed by atoms with Crippen molar-refractivity contribution in [2.24, 2.45) is 0 Å². The number of rotatable bonds is 5. The molecular formula is C21H17F2N3O2. The van der Waals surface area contributed by atoms with Gasteiger partial charge < -0.3 is 10.6 Å². The SMILES string of the molecule is CC(NC(=O)c1cncc(C(=O)Nc2c(F)cccc2F)c1)c1ccccc1. The van der Waals surface area contributed by atoms with Crippen LogP contribution in [0.2, 0.25) is 0 Å². The summed E-state index contributed by atoms with van der Waals surface area (Å²) < 4.78 is 27.4. The van der Waals surface area contributed by atoms with Crippen LogP contribution in [0, 0.1) is 11.6 Å². The molecule has 0 saturated carbocycles. The van der Waals surface area contributed by atoms with Gasteiger partial charge in [0.05, 0.1) is 17.2 Å². The highest BCUT2D eigenvalue weighted by Gasteiger charge is 2.17. The first kappa shape index (κ1) is 19.2. The van der Waals surface area contributed by atoms with Gasteiger partial charge >= 0.3 is 0 Å². The Morgan fingerprint density at radius 1 is 0.893 bits per heavy atom. The van der Waals surface area contributed by atoms with Crippen molar-refractivity contribution < 1.29 is 18.4 Å². The molecule has 1 atom stereocenters. The minimum absolute atomic E-state index is 0.00247. The summed E-state index contributed by atoms with van der Waals surface area (Å²) in [6.07, 6.45) is 2.53. The van der Waals surface area contributed by atoms with Crippen LogP contribution in [-0.4, -0.2) is 16.8 Å². The number of hydrogen-bond donors (Lipinski definition) is 2. The average molecular weight is 381 g/mol. The molecule has 0 bridgehead atoms. The number of pyridine rings is 1. The number of anilines is 1. The molecule has 2 N–H and O–H groups in total. The molecule has 2 amide bonds. The van der Waals surface area contributed by atoms with Gasteiger partial charge in [0.25, 0.3) is 11.8 Å². The minimum atomic E-state index is -0.896. The second-order valence-electron chi connectivity index (χ2n) is 6.12. The Morgan fingerprint density at radius 2 is 1.50 bits per heavy atom. The number of nitrogens with zero attached hydrogens (tertiary/aromatic N) is 1. The highest BCUT2D eigenvalue weighted by molar-refractivity contribution is 6.06. The number of aromatic nitrogens is 1. The zero-order valence-electron chi connectivity index (χ0n) is 14.9. The van der Waals surface area contributed by atoms with E-state index in [4.69, 9.17) is 0 Å². The number of carbonyl (C=O) groups is 2. The minimum Gasteiger partial charge on any atom is -0.345 e. The first-order valence-corrected chi connectivity index (χ1v) is 8.52. The van der Waals surface area contributed by atoms with E-state index in [0.29, 0.717) is 0 Å². The van der Waals surface area contributed by atoms with Crippen molar-refractivity contribution in [3.8, 4) is 0 Å². The van der Waals surface area contributed by atoms with Crippen LogP contribution in [0.25, 0.3) is 0 Å². The lowest BCUT2D eigenvalue weighted by Gasteiger charge is -2.14. The van der Waals surface area contributed by atoms with Crippen molar-refractivity contribution in [1.29, 1.82) is 0 Å². The van der Waals surface area contributed by atoms with E-state index in [1.807, 2.05) is 37.3 Å². The largest absolute Gasteiger partial charge is 0.345 e. The molecule has 5 nitrogen and oxygen atoms in total. The number of benzene rings is 2. The Kier molecular flexibility index (Phi) is 5.74. The number of hydrogen-bond acceptors (Lipinski definition) is 3. The van der Waals surface area contributed by atoms with Gasteiger partial charge in [0.2, 0.25) is 0 Å². The molecule has 0 saturated heterocycles. The van der Waals surface area contributed by atoms with Gasteiger partial charge in [-0.1, -0.05) is 36.4 Å². The number of nitrogens with one attached hydrogen (secondary N) is 2. The standard InChI is InChI=1S/C21H17F2N3O2/c1-13(14-6-3-2-4-7-14)25-20(27)15-10-16(12-24-11-15)21(28)26-19-17(22)8-5-9-18(19)23/h2-13H,1H3,(H,25,27)(H,26,28). The maximum absolute atomic E-state index is 13.7. The summed E-state index contributed by atoms with van der Waals surface area (Å²) in [7, 11) is 0. The molecule has 1 heterocycles. The van der Waals surface area contributed by atoms with Crippen LogP contribution in [0.3, 0.4) is 0 Å². The summed E-state index contributed by atoms with van der Waals surface area (Å²) in [6.45, 7) is 1.83. The summed E-state index contributed by atoms with van der Waals surface area (Å²) in [5.41, 5.74) is 0.528. The van der Waals surface area contributed by atoms with Crippen molar-refractivity contribution in [2.45, 2.75) is 13.0 Å². The van der Waals surface area contributed by atoms with E-state index in [1.54, 1.807) is 0 Å². The summed E-state index contributed by atoms with van der Waals surface area (Å²) in [5, 5.41) is 4.98. The van der Waals surface area contributed by atoms with Gasteiger partial charge in [-0.25, -0.2) is 8.78 Å². The lowest BCUT2D eigenvalue weighted by Crippen LogP contribution is -2.27. The van der Waals surface area contributed by atoms with Crippen molar-refractivity contribution in [3.05, 3.63) is 95.3 Å². The molecule has 0 spiro atoms. The molecule has 1 aromatic heterocycles. The second kappa shape index (κ2) is 8.39. The first-order valence-electron chi connectivity index (χ1n) is 8.52. The van der Waals surface area contributed by atoms with Gasteiger partial charge in [-0.3, -0.25) is 14.6 Å². The van der Waals surface area contributed by atoms with Crippen LogP contribution >= 0.6 is 0 Å². The van der Waals surface area contributed by atoms with Gasteiger partial charge in [-0.15, -0.1) is 0 Å². The smallest absolute Gasteiger partial charge is 0.257 e. The van der Waals surface area contributed by atoms with E-state index in [0.717, 1.165) is 17.7 Å². The number of para-hydroxylation sites is 1. The maximum atomic E-state index is 13.7. The third-order valence-electron chi connectivity index (χ3n) is 4.11. The summed E-state index contributed by atoms with van der Waals surface area (Å²) in [6, 6.07) is 13.7. The first-order chi connectivity index (χ1) is 13.5. The summed E-state index contributed by atoms with van der Waals surface area (Å²) in [4.78, 5) is 28.7. The second-order valence-corrected chi connectivity index (χ2v) is 6.12. The predicted octanol–water partition coefficient (Wildman–Crippen LogP) is 4.10. The molecule has 0 radical (unpaired) electrons. The Hall–Kier alpha value is -3.61. The molecule has 28 heavy (non-hydrogen) atoms. The fraction of sp³-hybridized carbons (Fsp3) is 0.0952. The summed E-state index contributed by atoms with van der Waals surface area (Å²) in [5.74, 6) is -2.99. The van der Waals surface area contributed by atoms with Crippen LogP contribution in [-0.2, 0) is 0 Å². The Morgan fingerprint density at radius 3 is 2.14 bits per heavy atom. The molecule has 2 aromatic carbocycles. The fourth-order valence-corrected chi connectivity index (χ4v) is 2.60. The third-order valence-corrected chi connectivity index (χ3v) is 4.11. The third kappa shape index (κ3) is 4.37. The van der Waals surface area contributed by atoms with E-state index in [9.17, 15) is 18.4 Å². The molecule has 1 unspecified atom stereocenters. The maximum Gasteiger partial charge on any atom is 0.257 e. The zero-order chi connectivity index (χ0) is 20.1. The van der Waals surface area contributed by atoms with Crippen LogP contribution in [0.4, 0.5) is 14.5 Å². The topological polar surface area (TPSA) is 71.1 Å². The molecule has 0 aliphatic rings. The molecule has 3 aromatic rings. The Bertz CT molecular complexity index is 989. The molecule has 0 aliphatic heterocycles. The molecule has 0 aliphatic carbocycles. The number of amides is 2. The lowest BCUT2D eigenvalue weighted by atomic mass is 10.1. The number of halogens is 2.